The van der Waals surface area contributed by atoms with Gasteiger partial charge in [-0.3, -0.25) is 4.79 Å². The minimum Gasteiger partial charge on any atom is -0.272 e. The van der Waals surface area contributed by atoms with E-state index in [2.05, 4.69) is 6.92 Å². The van der Waals surface area contributed by atoms with Crippen LogP contribution in [0.25, 0.3) is 0 Å². The fraction of sp³-hybridized carbons (Fsp3) is 0.909. The quantitative estimate of drug-likeness (QED) is 0.431. The SMILES string of the molecule is CCCCCCCCSC(=[OH+])CC. The average molecular weight is 203 g/mol. The van der Waals surface area contributed by atoms with Crippen LogP contribution in [-0.4, -0.2) is 15.7 Å². The Morgan fingerprint density at radius 2 is 1.62 bits per heavy atom. The lowest BCUT2D eigenvalue weighted by Crippen LogP contribution is -1.91. The van der Waals surface area contributed by atoms with Crippen molar-refractivity contribution in [2.45, 2.75) is 58.8 Å². The van der Waals surface area contributed by atoms with Gasteiger partial charge in [0.25, 0.3) is 0 Å². The second-order valence-corrected chi connectivity index (χ2v) is 4.53. The minimum absolute atomic E-state index is 0.591. The van der Waals surface area contributed by atoms with Crippen molar-refractivity contribution < 1.29 is 4.79 Å². The van der Waals surface area contributed by atoms with Gasteiger partial charge in [-0.2, -0.15) is 0 Å². The summed E-state index contributed by atoms with van der Waals surface area (Å²) >= 11 is 1.61. The molecule has 78 valence electrons. The molecule has 13 heavy (non-hydrogen) atoms. The fourth-order valence-electron chi connectivity index (χ4n) is 1.17. The molecule has 0 saturated heterocycles. The molecular weight excluding hydrogens is 180 g/mol. The Morgan fingerprint density at radius 3 is 2.23 bits per heavy atom. The summed E-state index contributed by atoms with van der Waals surface area (Å²) in [4.78, 5) is 9.18. The highest BCUT2D eigenvalue weighted by atomic mass is 32.2. The lowest BCUT2D eigenvalue weighted by Gasteiger charge is -1.98. The minimum atomic E-state index is 0.591. The highest BCUT2D eigenvalue weighted by molar-refractivity contribution is 8.13. The monoisotopic (exact) mass is 203 g/mol. The molecule has 0 fully saturated rings. The standard InChI is InChI=1S/C11H22OS/c1-3-5-6-7-8-9-10-13-11(12)4-2/h3-10H2,1-2H3/p+1. The van der Waals surface area contributed by atoms with E-state index in [-0.39, 0.29) is 0 Å². The van der Waals surface area contributed by atoms with Crippen LogP contribution in [0.1, 0.15) is 58.8 Å². The van der Waals surface area contributed by atoms with Crippen molar-refractivity contribution in [3.05, 3.63) is 0 Å². The summed E-state index contributed by atoms with van der Waals surface area (Å²) in [6, 6.07) is 0. The van der Waals surface area contributed by atoms with Crippen LogP contribution in [0.3, 0.4) is 0 Å². The molecular formula is C11H23OS+. The molecule has 0 bridgehead atoms. The first-order valence-electron chi connectivity index (χ1n) is 5.48. The van der Waals surface area contributed by atoms with E-state index >= 15 is 0 Å². The molecule has 1 nitrogen and oxygen atoms in total. The number of hydrogen-bond acceptors (Lipinski definition) is 1. The normalized spacial score (nSPS) is 10.3. The predicted molar refractivity (Wildman–Crippen MR) is 63.1 cm³/mol. The first-order valence-corrected chi connectivity index (χ1v) is 6.47. The number of rotatable bonds is 8. The summed E-state index contributed by atoms with van der Waals surface area (Å²) in [6.45, 7) is 4.23. The Bertz CT molecular complexity index is 123. The molecule has 0 aromatic rings. The van der Waals surface area contributed by atoms with Crippen molar-refractivity contribution in [1.82, 2.24) is 0 Å². The van der Waals surface area contributed by atoms with Gasteiger partial charge in [-0.05, 0) is 18.2 Å². The average Bonchev–Trinajstić information content (AvgIpc) is 2.16. The Labute approximate surface area is 86.7 Å². The molecule has 0 rings (SSSR count). The van der Waals surface area contributed by atoms with Gasteiger partial charge in [0, 0.05) is 5.75 Å². The third kappa shape index (κ3) is 9.94. The lowest BCUT2D eigenvalue weighted by molar-refractivity contribution is 0.627. The van der Waals surface area contributed by atoms with Gasteiger partial charge >= 0.3 is 5.12 Å². The lowest BCUT2D eigenvalue weighted by atomic mass is 10.1. The van der Waals surface area contributed by atoms with Crippen LogP contribution in [0.5, 0.6) is 0 Å². The van der Waals surface area contributed by atoms with Crippen LogP contribution in [0.4, 0.5) is 0 Å². The highest BCUT2D eigenvalue weighted by Gasteiger charge is 2.03. The van der Waals surface area contributed by atoms with E-state index in [1.165, 1.54) is 38.5 Å². The number of thioether (sulfide) groups is 1. The molecule has 0 radical (unpaired) electrons. The first kappa shape index (κ1) is 13.0. The van der Waals surface area contributed by atoms with Gasteiger partial charge < -0.3 is 0 Å². The Kier molecular flexibility index (Phi) is 10.1. The molecule has 2 heteroatoms. The third-order valence-corrected chi connectivity index (χ3v) is 3.18. The molecule has 1 N–H and O–H groups in total. The van der Waals surface area contributed by atoms with Crippen LogP contribution in [0.15, 0.2) is 0 Å². The maximum absolute atomic E-state index is 9.18. The van der Waals surface area contributed by atoms with Crippen molar-refractivity contribution in [2.75, 3.05) is 5.75 Å². The second-order valence-electron chi connectivity index (χ2n) is 3.36. The number of hydrogen-bond donors (Lipinski definition) is 0. The van der Waals surface area contributed by atoms with E-state index in [4.69, 9.17) is 0 Å². The molecule has 0 aliphatic carbocycles. The Balaban J connectivity index is 2.95. The van der Waals surface area contributed by atoms with Gasteiger partial charge in [-0.15, -0.1) is 0 Å². The van der Waals surface area contributed by atoms with E-state index in [1.807, 2.05) is 6.92 Å². The number of unbranched alkanes of at least 4 members (excludes halogenated alkanes) is 5. The van der Waals surface area contributed by atoms with E-state index in [0.29, 0.717) is 5.12 Å². The Hall–Kier alpha value is 0.0200. The molecule has 0 aromatic carbocycles. The largest absolute Gasteiger partial charge is 0.350 e. The molecule has 0 aliphatic rings. The molecule has 0 heterocycles. The fourth-order valence-corrected chi connectivity index (χ4v) is 1.96. The van der Waals surface area contributed by atoms with E-state index in [0.717, 1.165) is 12.2 Å². The molecule has 0 saturated carbocycles. The topological polar surface area (TPSA) is 21.4 Å². The van der Waals surface area contributed by atoms with Gasteiger partial charge in [0.15, 0.2) is 0 Å². The summed E-state index contributed by atoms with van der Waals surface area (Å²) in [5.74, 6) is 1.09. The second kappa shape index (κ2) is 10.1. The van der Waals surface area contributed by atoms with Crippen LogP contribution in [0.2, 0.25) is 0 Å². The third-order valence-electron chi connectivity index (χ3n) is 2.07. The smallest absolute Gasteiger partial charge is 0.272 e. The van der Waals surface area contributed by atoms with Crippen LogP contribution < -0.4 is 0 Å². The molecule has 0 aromatic heterocycles. The number of carbonyl (C=O) groups excluding carboxylic acids is 1. The molecule has 0 spiro atoms. The van der Waals surface area contributed by atoms with Crippen LogP contribution >= 0.6 is 11.8 Å². The summed E-state index contributed by atoms with van der Waals surface area (Å²) in [5.41, 5.74) is 0. The van der Waals surface area contributed by atoms with E-state index < -0.39 is 0 Å². The van der Waals surface area contributed by atoms with Crippen molar-refractivity contribution >= 4 is 16.9 Å². The zero-order chi connectivity index (χ0) is 9.94. The van der Waals surface area contributed by atoms with Crippen LogP contribution in [-0.2, 0) is 0 Å². The van der Waals surface area contributed by atoms with Gasteiger partial charge in [0.1, 0.15) is 0 Å². The van der Waals surface area contributed by atoms with Crippen molar-refractivity contribution in [3.8, 4) is 0 Å². The van der Waals surface area contributed by atoms with E-state index in [1.54, 1.807) is 11.8 Å². The maximum Gasteiger partial charge on any atom is 0.350 e. The highest BCUT2D eigenvalue weighted by Crippen LogP contribution is 2.11. The molecule has 0 atom stereocenters. The van der Waals surface area contributed by atoms with Crippen molar-refractivity contribution in [2.24, 2.45) is 0 Å². The van der Waals surface area contributed by atoms with Gasteiger partial charge in [-0.1, -0.05) is 46.0 Å². The zero-order valence-electron chi connectivity index (χ0n) is 9.01. The molecule has 0 amide bonds. The van der Waals surface area contributed by atoms with Crippen molar-refractivity contribution in [3.63, 3.8) is 0 Å². The van der Waals surface area contributed by atoms with Gasteiger partial charge in [0.05, 0.1) is 6.42 Å². The first-order chi connectivity index (χ1) is 6.31. The van der Waals surface area contributed by atoms with Crippen molar-refractivity contribution in [1.29, 1.82) is 0 Å². The van der Waals surface area contributed by atoms with Gasteiger partial charge in [-0.25, -0.2) is 0 Å². The van der Waals surface area contributed by atoms with Crippen LogP contribution in [0, 0.1) is 0 Å². The maximum atomic E-state index is 9.18. The van der Waals surface area contributed by atoms with Gasteiger partial charge in [0.2, 0.25) is 0 Å². The molecule has 0 aliphatic heterocycles. The summed E-state index contributed by atoms with van der Waals surface area (Å²) in [7, 11) is 0. The molecule has 0 unspecified atom stereocenters. The summed E-state index contributed by atoms with van der Waals surface area (Å²) in [6.07, 6.45) is 8.80. The van der Waals surface area contributed by atoms with E-state index in [9.17, 15) is 4.79 Å². The Morgan fingerprint density at radius 1 is 1.00 bits per heavy atom. The zero-order valence-corrected chi connectivity index (χ0v) is 9.83. The summed E-state index contributed by atoms with van der Waals surface area (Å²) < 4.78 is 0. The summed E-state index contributed by atoms with van der Waals surface area (Å²) in [5, 5.41) is 0.591. The predicted octanol–water partition coefficient (Wildman–Crippen LogP) is 3.99.